The quantitative estimate of drug-likeness (QED) is 0.805. The van der Waals surface area contributed by atoms with Crippen LogP contribution in [0.25, 0.3) is 0 Å². The monoisotopic (exact) mass is 239 g/mol. The maximum absolute atomic E-state index is 5.72. The third-order valence-corrected chi connectivity index (χ3v) is 3.15. The van der Waals surface area contributed by atoms with E-state index in [2.05, 4.69) is 35.8 Å². The van der Waals surface area contributed by atoms with Crippen molar-refractivity contribution in [3.8, 4) is 0 Å². The summed E-state index contributed by atoms with van der Waals surface area (Å²) in [4.78, 5) is 6.73. The van der Waals surface area contributed by atoms with E-state index >= 15 is 0 Å². The first kappa shape index (κ1) is 12.5. The second kappa shape index (κ2) is 5.14. The molecule has 1 saturated heterocycles. The summed E-state index contributed by atoms with van der Waals surface area (Å²) in [6.07, 6.45) is 1.33. The molecule has 0 aromatic carbocycles. The number of aromatic nitrogens is 2. The Morgan fingerprint density at radius 3 is 2.53 bits per heavy atom. The number of morpholine rings is 1. The number of aryl methyl sites for hydroxylation is 1. The largest absolute Gasteiger partial charge is 0.373 e. The minimum Gasteiger partial charge on any atom is -0.373 e. The van der Waals surface area contributed by atoms with Crippen LogP contribution >= 0.6 is 0 Å². The van der Waals surface area contributed by atoms with Crippen LogP contribution in [0.15, 0.2) is 4.52 Å². The zero-order chi connectivity index (χ0) is 12.4. The van der Waals surface area contributed by atoms with Crippen LogP contribution in [0.3, 0.4) is 0 Å². The molecule has 5 nitrogen and oxygen atoms in total. The van der Waals surface area contributed by atoms with Gasteiger partial charge >= 0.3 is 0 Å². The highest BCUT2D eigenvalue weighted by atomic mass is 16.5. The topological polar surface area (TPSA) is 51.4 Å². The molecule has 0 radical (unpaired) electrons. The molecule has 2 rings (SSSR count). The molecule has 1 aromatic heterocycles. The van der Waals surface area contributed by atoms with Gasteiger partial charge in [-0.15, -0.1) is 0 Å². The van der Waals surface area contributed by atoms with E-state index in [1.54, 1.807) is 0 Å². The summed E-state index contributed by atoms with van der Waals surface area (Å²) < 4.78 is 11.0. The Kier molecular flexibility index (Phi) is 3.79. The SMILES string of the molecule is CCc1noc(C(C)N2CC(C)OC(C)C2)n1. The van der Waals surface area contributed by atoms with Crippen LogP contribution in [0.2, 0.25) is 0 Å². The highest BCUT2D eigenvalue weighted by Crippen LogP contribution is 2.23. The van der Waals surface area contributed by atoms with Crippen LogP contribution in [-0.4, -0.2) is 40.3 Å². The van der Waals surface area contributed by atoms with Gasteiger partial charge in [-0.3, -0.25) is 4.90 Å². The van der Waals surface area contributed by atoms with Crippen molar-refractivity contribution in [3.63, 3.8) is 0 Å². The summed E-state index contributed by atoms with van der Waals surface area (Å²) in [5, 5.41) is 3.94. The second-order valence-corrected chi connectivity index (χ2v) is 4.79. The fourth-order valence-electron chi connectivity index (χ4n) is 2.27. The van der Waals surface area contributed by atoms with Gasteiger partial charge in [0.1, 0.15) is 0 Å². The summed E-state index contributed by atoms with van der Waals surface area (Å²) >= 11 is 0. The fraction of sp³-hybridized carbons (Fsp3) is 0.833. The molecule has 17 heavy (non-hydrogen) atoms. The van der Waals surface area contributed by atoms with Gasteiger partial charge in [0.25, 0.3) is 0 Å². The predicted octanol–water partition coefficient (Wildman–Crippen LogP) is 1.80. The average Bonchev–Trinajstić information content (AvgIpc) is 2.75. The van der Waals surface area contributed by atoms with Gasteiger partial charge in [-0.25, -0.2) is 0 Å². The third-order valence-electron chi connectivity index (χ3n) is 3.15. The zero-order valence-corrected chi connectivity index (χ0v) is 11.0. The van der Waals surface area contributed by atoms with Crippen LogP contribution in [0.1, 0.15) is 45.5 Å². The highest BCUT2D eigenvalue weighted by Gasteiger charge is 2.29. The smallest absolute Gasteiger partial charge is 0.243 e. The van der Waals surface area contributed by atoms with Crippen LogP contribution in [0, 0.1) is 0 Å². The molecule has 96 valence electrons. The molecule has 2 heterocycles. The first-order valence-electron chi connectivity index (χ1n) is 6.32. The third kappa shape index (κ3) is 2.84. The number of hydrogen-bond acceptors (Lipinski definition) is 5. The van der Waals surface area contributed by atoms with Crippen molar-refractivity contribution in [2.45, 2.75) is 52.4 Å². The van der Waals surface area contributed by atoms with Crippen LogP contribution in [-0.2, 0) is 11.2 Å². The molecule has 0 saturated carbocycles. The van der Waals surface area contributed by atoms with Crippen molar-refractivity contribution in [2.24, 2.45) is 0 Å². The van der Waals surface area contributed by atoms with Crippen molar-refractivity contribution >= 4 is 0 Å². The van der Waals surface area contributed by atoms with E-state index in [1.807, 2.05) is 6.92 Å². The van der Waals surface area contributed by atoms with Gasteiger partial charge in [-0.2, -0.15) is 4.98 Å². The number of rotatable bonds is 3. The van der Waals surface area contributed by atoms with Crippen molar-refractivity contribution in [1.82, 2.24) is 15.0 Å². The molecule has 3 atom stereocenters. The number of nitrogens with zero attached hydrogens (tertiary/aromatic N) is 3. The molecule has 0 aliphatic carbocycles. The molecular formula is C12H21N3O2. The fourth-order valence-corrected chi connectivity index (χ4v) is 2.27. The van der Waals surface area contributed by atoms with Gasteiger partial charge < -0.3 is 9.26 Å². The lowest BCUT2D eigenvalue weighted by molar-refractivity contribution is -0.0818. The summed E-state index contributed by atoms with van der Waals surface area (Å²) in [7, 11) is 0. The van der Waals surface area contributed by atoms with Crippen molar-refractivity contribution in [3.05, 3.63) is 11.7 Å². The summed E-state index contributed by atoms with van der Waals surface area (Å²) in [6, 6.07) is 0.164. The molecule has 1 aliphatic rings. The van der Waals surface area contributed by atoms with Crippen LogP contribution < -0.4 is 0 Å². The minimum absolute atomic E-state index is 0.164. The van der Waals surface area contributed by atoms with Crippen LogP contribution in [0.4, 0.5) is 0 Å². The van der Waals surface area contributed by atoms with E-state index in [0.717, 1.165) is 25.3 Å². The first-order chi connectivity index (χ1) is 8.10. The normalized spacial score (nSPS) is 28.2. The molecule has 0 bridgehead atoms. The molecule has 0 amide bonds. The second-order valence-electron chi connectivity index (χ2n) is 4.79. The van der Waals surface area contributed by atoms with Crippen LogP contribution in [0.5, 0.6) is 0 Å². The van der Waals surface area contributed by atoms with E-state index in [0.29, 0.717) is 5.89 Å². The lowest BCUT2D eigenvalue weighted by Gasteiger charge is -2.37. The summed E-state index contributed by atoms with van der Waals surface area (Å²) in [5.41, 5.74) is 0. The van der Waals surface area contributed by atoms with E-state index in [1.165, 1.54) is 0 Å². The van der Waals surface area contributed by atoms with Crippen molar-refractivity contribution in [1.29, 1.82) is 0 Å². The van der Waals surface area contributed by atoms with Crippen molar-refractivity contribution < 1.29 is 9.26 Å². The molecular weight excluding hydrogens is 218 g/mol. The maximum Gasteiger partial charge on any atom is 0.243 e. The van der Waals surface area contributed by atoms with Gasteiger partial charge in [0, 0.05) is 19.5 Å². The molecule has 0 spiro atoms. The summed E-state index contributed by atoms with van der Waals surface area (Å²) in [6.45, 7) is 10.2. The lowest BCUT2D eigenvalue weighted by atomic mass is 10.2. The first-order valence-corrected chi connectivity index (χ1v) is 6.32. The zero-order valence-electron chi connectivity index (χ0n) is 11.0. The molecule has 0 N–H and O–H groups in total. The standard InChI is InChI=1S/C12H21N3O2/c1-5-11-13-12(17-14-11)10(4)15-6-8(2)16-9(3)7-15/h8-10H,5-7H2,1-4H3. The van der Waals surface area contributed by atoms with E-state index < -0.39 is 0 Å². The Labute approximate surface area is 102 Å². The van der Waals surface area contributed by atoms with E-state index in [-0.39, 0.29) is 18.2 Å². The minimum atomic E-state index is 0.164. The highest BCUT2D eigenvalue weighted by molar-refractivity contribution is 4.93. The molecule has 5 heteroatoms. The molecule has 1 fully saturated rings. The van der Waals surface area contributed by atoms with Crippen molar-refractivity contribution in [2.75, 3.05) is 13.1 Å². The predicted molar refractivity (Wildman–Crippen MR) is 63.7 cm³/mol. The Hall–Kier alpha value is -0.940. The van der Waals surface area contributed by atoms with Gasteiger partial charge in [-0.1, -0.05) is 12.1 Å². The molecule has 3 unspecified atom stereocenters. The molecule has 1 aliphatic heterocycles. The van der Waals surface area contributed by atoms with Gasteiger partial charge in [0.2, 0.25) is 5.89 Å². The Balaban J connectivity index is 2.05. The summed E-state index contributed by atoms with van der Waals surface area (Å²) in [5.74, 6) is 1.49. The van der Waals surface area contributed by atoms with Gasteiger partial charge in [-0.05, 0) is 20.8 Å². The van der Waals surface area contributed by atoms with Gasteiger partial charge in [0.15, 0.2) is 5.82 Å². The molecule has 1 aromatic rings. The lowest BCUT2D eigenvalue weighted by Crippen LogP contribution is -2.46. The Bertz CT molecular complexity index is 356. The maximum atomic E-state index is 5.72. The van der Waals surface area contributed by atoms with Gasteiger partial charge in [0.05, 0.1) is 18.2 Å². The van der Waals surface area contributed by atoms with E-state index in [9.17, 15) is 0 Å². The Morgan fingerprint density at radius 1 is 1.35 bits per heavy atom. The Morgan fingerprint density at radius 2 is 2.00 bits per heavy atom. The number of ether oxygens (including phenoxy) is 1. The number of hydrogen-bond donors (Lipinski definition) is 0. The van der Waals surface area contributed by atoms with E-state index in [4.69, 9.17) is 9.26 Å². The average molecular weight is 239 g/mol.